The molecule has 0 N–H and O–H groups in total. The molecule has 4 nitrogen and oxygen atoms in total. The molecule has 2 aromatic carbocycles. The molecule has 2 aromatic rings. The first-order chi connectivity index (χ1) is 14.9. The predicted molar refractivity (Wildman–Crippen MR) is 132 cm³/mol. The molecule has 172 valence electrons. The molecule has 0 saturated heterocycles. The lowest BCUT2D eigenvalue weighted by molar-refractivity contribution is -0.129. The second kappa shape index (κ2) is 10.2. The van der Waals surface area contributed by atoms with Gasteiger partial charge >= 0.3 is 0 Å². The summed E-state index contributed by atoms with van der Waals surface area (Å²) in [6, 6.07) is 16.7. The summed E-state index contributed by atoms with van der Waals surface area (Å²) >= 11 is 0. The summed E-state index contributed by atoms with van der Waals surface area (Å²) in [6.45, 7) is 16.1. The number of Topliss-reactive ketones (excluding diaryl/α,β-unsaturated/α-hetero) is 1. The van der Waals surface area contributed by atoms with Crippen LogP contribution in [0.5, 0.6) is 0 Å². The summed E-state index contributed by atoms with van der Waals surface area (Å²) in [5.41, 5.74) is 0.201. The van der Waals surface area contributed by atoms with Crippen molar-refractivity contribution in [2.45, 2.75) is 87.4 Å². The predicted octanol–water partition coefficient (Wildman–Crippen LogP) is 6.66. The number of benzene rings is 2. The van der Waals surface area contributed by atoms with Crippen molar-refractivity contribution in [3.05, 3.63) is 59.7 Å². The van der Waals surface area contributed by atoms with E-state index in [0.29, 0.717) is 15.4 Å². The Morgan fingerprint density at radius 2 is 1.47 bits per heavy atom. The average Bonchev–Trinajstić information content (AvgIpc) is 2.74. The molecule has 0 saturated carbocycles. The minimum Gasteiger partial charge on any atom is -0.389 e. The first-order valence-corrected chi connectivity index (χ1v) is 14.4. The van der Waals surface area contributed by atoms with Crippen LogP contribution in [0.15, 0.2) is 58.3 Å². The zero-order chi connectivity index (χ0) is 24.3. The first-order valence-electron chi connectivity index (χ1n) is 11.1. The van der Waals surface area contributed by atoms with Gasteiger partial charge < -0.3 is 4.43 Å². The van der Waals surface area contributed by atoms with Crippen LogP contribution in [-0.4, -0.2) is 18.3 Å². The molecule has 0 heterocycles. The van der Waals surface area contributed by atoms with E-state index in [1.807, 2.05) is 31.2 Å². The summed E-state index contributed by atoms with van der Waals surface area (Å²) in [5, 5.41) is 10.4. The van der Waals surface area contributed by atoms with Gasteiger partial charge in [-0.25, -0.2) is 4.21 Å². The molecule has 0 radical (unpaired) electrons. The van der Waals surface area contributed by atoms with Crippen molar-refractivity contribution in [3.63, 3.8) is 0 Å². The van der Waals surface area contributed by atoms with Gasteiger partial charge in [-0.05, 0) is 48.7 Å². The summed E-state index contributed by atoms with van der Waals surface area (Å²) in [6.07, 6.45) is 0. The van der Waals surface area contributed by atoms with Gasteiger partial charge in [-0.3, -0.25) is 4.79 Å². The maximum absolute atomic E-state index is 13.6. The Balaban J connectivity index is 2.77. The Bertz CT molecular complexity index is 1000. The number of nitrogens with zero attached hydrogens (tertiary/aromatic N) is 1. The fraction of sp³-hybridized carbons (Fsp3) is 0.462. The molecule has 0 amide bonds. The highest BCUT2D eigenvalue weighted by Crippen LogP contribution is 2.47. The second-order valence-corrected chi connectivity index (χ2v) is 16.2. The lowest BCUT2D eigenvalue weighted by Crippen LogP contribution is -2.55. The normalized spacial score (nSPS) is 14.9. The molecule has 0 unspecified atom stereocenters. The van der Waals surface area contributed by atoms with Gasteiger partial charge in [-0.2, -0.15) is 5.26 Å². The Labute approximate surface area is 196 Å². The number of carbonyl (C=O) groups is 1. The molecule has 0 aliphatic heterocycles. The van der Waals surface area contributed by atoms with Crippen molar-refractivity contribution in [1.82, 2.24) is 0 Å². The molecule has 2 rings (SSSR count). The highest BCUT2D eigenvalue weighted by molar-refractivity contribution is 7.85. The third-order valence-electron chi connectivity index (χ3n) is 6.39. The summed E-state index contributed by atoms with van der Waals surface area (Å²) < 4.78 is 20.4. The van der Waals surface area contributed by atoms with Gasteiger partial charge in [0.1, 0.15) is 6.07 Å². The lowest BCUT2D eigenvalue weighted by Gasteiger charge is -2.46. The minimum atomic E-state index is -2.62. The number of aryl methyl sites for hydroxylation is 1. The van der Waals surface area contributed by atoms with E-state index in [1.54, 1.807) is 24.3 Å². The van der Waals surface area contributed by atoms with Crippen molar-refractivity contribution < 1.29 is 13.4 Å². The van der Waals surface area contributed by atoms with Crippen LogP contribution in [0.4, 0.5) is 0 Å². The van der Waals surface area contributed by atoms with Crippen molar-refractivity contribution in [2.75, 3.05) is 0 Å². The van der Waals surface area contributed by atoms with Crippen molar-refractivity contribution in [1.29, 1.82) is 5.26 Å². The van der Waals surface area contributed by atoms with Crippen LogP contribution in [0.1, 0.15) is 59.6 Å². The smallest absolute Gasteiger partial charge is 0.230 e. The fourth-order valence-electron chi connectivity index (χ4n) is 4.80. The zero-order valence-electron chi connectivity index (χ0n) is 20.4. The zero-order valence-corrected chi connectivity index (χ0v) is 22.2. The number of rotatable bonds is 9. The van der Waals surface area contributed by atoms with E-state index < -0.39 is 24.7 Å². The third-order valence-corrected chi connectivity index (χ3v) is 13.9. The molecule has 0 fully saturated rings. The Morgan fingerprint density at radius 1 is 0.969 bits per heavy atom. The number of carbonyl (C=O) groups excluding carboxylic acids is 1. The molecule has 0 bridgehead atoms. The van der Waals surface area contributed by atoms with Crippen molar-refractivity contribution in [3.8, 4) is 6.07 Å². The molecule has 32 heavy (non-hydrogen) atoms. The van der Waals surface area contributed by atoms with Gasteiger partial charge in [0.2, 0.25) is 13.9 Å². The number of hydrogen-bond donors (Lipinski definition) is 0. The van der Waals surface area contributed by atoms with Gasteiger partial charge in [0.15, 0.2) is 5.78 Å². The van der Waals surface area contributed by atoms with Crippen molar-refractivity contribution >= 4 is 24.9 Å². The van der Waals surface area contributed by atoms with Crippen LogP contribution in [0.2, 0.25) is 16.6 Å². The van der Waals surface area contributed by atoms with E-state index in [-0.39, 0.29) is 22.4 Å². The van der Waals surface area contributed by atoms with E-state index in [4.69, 9.17) is 4.43 Å². The summed E-state index contributed by atoms with van der Waals surface area (Å²) in [4.78, 5) is 14.2. The van der Waals surface area contributed by atoms with Crippen LogP contribution in [0, 0.1) is 18.3 Å². The number of nitriles is 1. The highest BCUT2D eigenvalue weighted by atomic mass is 32.2. The fourth-order valence-corrected chi connectivity index (χ4v) is 11.6. The van der Waals surface area contributed by atoms with Crippen LogP contribution in [-0.2, 0) is 25.6 Å². The van der Waals surface area contributed by atoms with Gasteiger partial charge in [-0.15, -0.1) is 0 Å². The number of ketones is 1. The quantitative estimate of drug-likeness (QED) is 0.385. The first kappa shape index (κ1) is 26.2. The average molecular weight is 470 g/mol. The monoisotopic (exact) mass is 469 g/mol. The van der Waals surface area contributed by atoms with Gasteiger partial charge in [0, 0.05) is 10.5 Å². The summed E-state index contributed by atoms with van der Waals surface area (Å²) in [5.74, 6) is -0.382. The van der Waals surface area contributed by atoms with Crippen LogP contribution in [0.25, 0.3) is 0 Å². The van der Waals surface area contributed by atoms with Crippen LogP contribution < -0.4 is 0 Å². The molecule has 6 heteroatoms. The molecule has 0 aromatic heterocycles. The van der Waals surface area contributed by atoms with Crippen LogP contribution in [0.3, 0.4) is 0 Å². The molecule has 0 aliphatic carbocycles. The van der Waals surface area contributed by atoms with Crippen molar-refractivity contribution in [2.24, 2.45) is 0 Å². The maximum Gasteiger partial charge on any atom is 0.230 e. The standard InChI is InChI=1S/C26H35NO3SSi/c1-18(2)32(19(3)4,20(5)6)30-26(17-27,22(8)28)24-11-9-10-12-25(24)31(29)23-15-13-21(7)14-16-23/h9-16,18-20H,1-8H3/t26-,31-/m0/s1. The SMILES string of the molecule is CC(=O)[C@](C#N)(O[Si](C(C)C)(C(C)C)C(C)C)c1ccccc1[S@@](=O)c1ccc(C)cc1. The van der Waals surface area contributed by atoms with E-state index in [1.165, 1.54) is 6.92 Å². The Morgan fingerprint density at radius 3 is 1.91 bits per heavy atom. The van der Waals surface area contributed by atoms with Gasteiger partial charge in [0.05, 0.1) is 15.7 Å². The molecular weight excluding hydrogens is 434 g/mol. The van der Waals surface area contributed by atoms with E-state index >= 15 is 0 Å². The lowest BCUT2D eigenvalue weighted by atomic mass is 9.91. The Hall–Kier alpha value is -2.07. The topological polar surface area (TPSA) is 67.2 Å². The number of hydrogen-bond acceptors (Lipinski definition) is 4. The maximum atomic E-state index is 13.6. The highest BCUT2D eigenvalue weighted by Gasteiger charge is 2.54. The largest absolute Gasteiger partial charge is 0.389 e. The molecule has 0 aliphatic rings. The van der Waals surface area contributed by atoms with E-state index in [2.05, 4.69) is 47.6 Å². The molecular formula is C26H35NO3SSi. The Kier molecular flexibility index (Phi) is 8.38. The van der Waals surface area contributed by atoms with Gasteiger partial charge in [0.25, 0.3) is 0 Å². The second-order valence-electron chi connectivity index (χ2n) is 9.35. The molecule has 2 atom stereocenters. The van der Waals surface area contributed by atoms with E-state index in [0.717, 1.165) is 5.56 Å². The van der Waals surface area contributed by atoms with Gasteiger partial charge in [-0.1, -0.05) is 77.4 Å². The minimum absolute atomic E-state index is 0.185. The molecule has 0 spiro atoms. The summed E-state index contributed by atoms with van der Waals surface area (Å²) in [7, 11) is -4.18. The van der Waals surface area contributed by atoms with Crippen LogP contribution >= 0.6 is 0 Å². The third kappa shape index (κ3) is 4.66. The van der Waals surface area contributed by atoms with E-state index in [9.17, 15) is 14.3 Å².